The van der Waals surface area contributed by atoms with Crippen LogP contribution in [0.1, 0.15) is 5.56 Å². The van der Waals surface area contributed by atoms with Crippen LogP contribution >= 0.6 is 15.9 Å². The van der Waals surface area contributed by atoms with Gasteiger partial charge in [0.2, 0.25) is 0 Å². The topological polar surface area (TPSA) is 87.8 Å². The lowest BCUT2D eigenvalue weighted by molar-refractivity contribution is -0.384. The summed E-state index contributed by atoms with van der Waals surface area (Å²) in [6.07, 6.45) is 1.58. The van der Waals surface area contributed by atoms with Gasteiger partial charge >= 0.3 is 0 Å². The molecule has 0 atom stereocenters. The SMILES string of the molecule is O=[N+]([O-])c1ccc(N/N=C/c2ccc(O)c(Br)c2)cc1. The molecule has 0 radical (unpaired) electrons. The molecule has 0 fully saturated rings. The number of hydrogen-bond donors (Lipinski definition) is 2. The van der Waals surface area contributed by atoms with Crippen molar-refractivity contribution >= 4 is 33.5 Å². The van der Waals surface area contributed by atoms with Crippen molar-refractivity contribution in [2.24, 2.45) is 5.10 Å². The summed E-state index contributed by atoms with van der Waals surface area (Å²) in [5.74, 6) is 0.158. The van der Waals surface area contributed by atoms with E-state index in [1.807, 2.05) is 0 Å². The highest BCUT2D eigenvalue weighted by atomic mass is 79.9. The lowest BCUT2D eigenvalue weighted by Gasteiger charge is -2.00. The number of nitrogens with zero attached hydrogens (tertiary/aromatic N) is 2. The smallest absolute Gasteiger partial charge is 0.269 e. The standard InChI is InChI=1S/C13H10BrN3O3/c14-12-7-9(1-6-13(12)18)8-15-16-10-2-4-11(5-3-10)17(19)20/h1-8,16,18H/b15-8+. The van der Waals surface area contributed by atoms with Crippen LogP contribution in [-0.4, -0.2) is 16.2 Å². The third kappa shape index (κ3) is 3.55. The fourth-order valence-corrected chi connectivity index (χ4v) is 1.84. The van der Waals surface area contributed by atoms with E-state index in [2.05, 4.69) is 26.5 Å². The zero-order valence-corrected chi connectivity index (χ0v) is 11.7. The quantitative estimate of drug-likeness (QED) is 0.508. The number of phenolic OH excluding ortho intramolecular Hbond substituents is 1. The maximum Gasteiger partial charge on any atom is 0.269 e. The molecule has 20 heavy (non-hydrogen) atoms. The van der Waals surface area contributed by atoms with Crippen LogP contribution in [-0.2, 0) is 0 Å². The second-order valence-corrected chi connectivity index (χ2v) is 4.74. The largest absolute Gasteiger partial charge is 0.507 e. The molecule has 0 amide bonds. The second kappa shape index (κ2) is 6.16. The predicted octanol–water partition coefficient (Wildman–Crippen LogP) is 3.51. The first kappa shape index (κ1) is 14.0. The number of halogens is 1. The summed E-state index contributed by atoms with van der Waals surface area (Å²) in [4.78, 5) is 10.0. The Morgan fingerprint density at radius 3 is 2.55 bits per heavy atom. The average Bonchev–Trinajstić information content (AvgIpc) is 2.43. The van der Waals surface area contributed by atoms with Gasteiger partial charge in [-0.3, -0.25) is 15.5 Å². The van der Waals surface area contributed by atoms with Gasteiger partial charge in [0.15, 0.2) is 0 Å². The zero-order valence-electron chi connectivity index (χ0n) is 10.2. The molecule has 0 bridgehead atoms. The summed E-state index contributed by atoms with van der Waals surface area (Å²) >= 11 is 3.21. The first-order chi connectivity index (χ1) is 9.56. The molecular formula is C13H10BrN3O3. The van der Waals surface area contributed by atoms with Crippen LogP contribution in [0.4, 0.5) is 11.4 Å². The molecule has 0 heterocycles. The first-order valence-corrected chi connectivity index (χ1v) is 6.37. The van der Waals surface area contributed by atoms with Gasteiger partial charge in [-0.05, 0) is 51.8 Å². The van der Waals surface area contributed by atoms with Crippen molar-refractivity contribution in [3.8, 4) is 5.75 Å². The average molecular weight is 336 g/mol. The van der Waals surface area contributed by atoms with Crippen molar-refractivity contribution in [2.75, 3.05) is 5.43 Å². The number of rotatable bonds is 4. The molecule has 0 aliphatic carbocycles. The van der Waals surface area contributed by atoms with Crippen molar-refractivity contribution in [3.63, 3.8) is 0 Å². The third-order valence-electron chi connectivity index (χ3n) is 2.46. The van der Waals surface area contributed by atoms with Crippen molar-refractivity contribution < 1.29 is 10.0 Å². The van der Waals surface area contributed by atoms with Gasteiger partial charge in [-0.15, -0.1) is 0 Å². The Kier molecular flexibility index (Phi) is 4.31. The van der Waals surface area contributed by atoms with E-state index in [4.69, 9.17) is 0 Å². The van der Waals surface area contributed by atoms with Crippen LogP contribution in [0.15, 0.2) is 52.0 Å². The van der Waals surface area contributed by atoms with E-state index in [1.54, 1.807) is 36.5 Å². The Balaban J connectivity index is 2.02. The van der Waals surface area contributed by atoms with E-state index >= 15 is 0 Å². The minimum atomic E-state index is -0.457. The van der Waals surface area contributed by atoms with Crippen molar-refractivity contribution in [1.29, 1.82) is 0 Å². The number of hydrogen-bond acceptors (Lipinski definition) is 5. The molecule has 102 valence electrons. The lowest BCUT2D eigenvalue weighted by Crippen LogP contribution is -1.92. The van der Waals surface area contributed by atoms with Crippen LogP contribution in [0.2, 0.25) is 0 Å². The highest BCUT2D eigenvalue weighted by molar-refractivity contribution is 9.10. The maximum atomic E-state index is 10.5. The summed E-state index contributed by atoms with van der Waals surface area (Å²) in [6, 6.07) is 10.9. The molecule has 2 rings (SSSR count). The molecule has 6 nitrogen and oxygen atoms in total. The number of hydrazone groups is 1. The fourth-order valence-electron chi connectivity index (χ4n) is 1.44. The molecular weight excluding hydrogens is 326 g/mol. The van der Waals surface area contributed by atoms with Crippen molar-refractivity contribution in [3.05, 3.63) is 62.6 Å². The van der Waals surface area contributed by atoms with Gasteiger partial charge in [-0.2, -0.15) is 5.10 Å². The molecule has 0 spiro atoms. The van der Waals surface area contributed by atoms with Gasteiger partial charge < -0.3 is 5.11 Å². The fraction of sp³-hybridized carbons (Fsp3) is 0. The number of phenols is 1. The minimum absolute atomic E-state index is 0.0296. The Hall–Kier alpha value is -2.41. The summed E-state index contributed by atoms with van der Waals surface area (Å²) in [5, 5.41) is 23.9. The highest BCUT2D eigenvalue weighted by Crippen LogP contribution is 2.23. The number of non-ortho nitro benzene ring substituents is 1. The van der Waals surface area contributed by atoms with Gasteiger partial charge in [0, 0.05) is 12.1 Å². The molecule has 0 saturated heterocycles. The summed E-state index contributed by atoms with van der Waals surface area (Å²) in [5.41, 5.74) is 4.23. The Morgan fingerprint density at radius 1 is 1.25 bits per heavy atom. The monoisotopic (exact) mass is 335 g/mol. The Morgan fingerprint density at radius 2 is 1.95 bits per heavy atom. The van der Waals surface area contributed by atoms with Gasteiger partial charge in [0.05, 0.1) is 21.3 Å². The zero-order chi connectivity index (χ0) is 14.5. The van der Waals surface area contributed by atoms with Crippen LogP contribution in [0.25, 0.3) is 0 Å². The number of anilines is 1. The molecule has 0 aromatic heterocycles. The van der Waals surface area contributed by atoms with E-state index in [9.17, 15) is 15.2 Å². The van der Waals surface area contributed by atoms with Gasteiger partial charge in [0.25, 0.3) is 5.69 Å². The lowest BCUT2D eigenvalue weighted by atomic mass is 10.2. The molecule has 7 heteroatoms. The van der Waals surface area contributed by atoms with Gasteiger partial charge in [0.1, 0.15) is 5.75 Å². The Labute approximate surface area is 123 Å². The molecule has 2 aromatic rings. The highest BCUT2D eigenvalue weighted by Gasteiger charge is 2.02. The summed E-state index contributed by atoms with van der Waals surface area (Å²) in [7, 11) is 0. The van der Waals surface area contributed by atoms with E-state index in [1.165, 1.54) is 12.1 Å². The normalized spacial score (nSPS) is 10.7. The number of nitro benzene ring substituents is 1. The van der Waals surface area contributed by atoms with E-state index in [0.29, 0.717) is 10.2 Å². The maximum absolute atomic E-state index is 10.5. The number of nitro groups is 1. The van der Waals surface area contributed by atoms with Gasteiger partial charge in [-0.1, -0.05) is 0 Å². The summed E-state index contributed by atoms with van der Waals surface area (Å²) in [6.45, 7) is 0. The number of aromatic hydroxyl groups is 1. The first-order valence-electron chi connectivity index (χ1n) is 5.58. The Bertz CT molecular complexity index is 656. The van der Waals surface area contributed by atoms with E-state index in [0.717, 1.165) is 5.56 Å². The molecule has 2 N–H and O–H groups in total. The number of benzene rings is 2. The molecule has 0 unspecified atom stereocenters. The summed E-state index contributed by atoms with van der Waals surface area (Å²) < 4.78 is 0.580. The molecule has 0 aliphatic rings. The molecule has 2 aromatic carbocycles. The minimum Gasteiger partial charge on any atom is -0.507 e. The van der Waals surface area contributed by atoms with E-state index < -0.39 is 4.92 Å². The van der Waals surface area contributed by atoms with Crippen molar-refractivity contribution in [1.82, 2.24) is 0 Å². The third-order valence-corrected chi connectivity index (χ3v) is 3.09. The van der Waals surface area contributed by atoms with Crippen LogP contribution in [0.5, 0.6) is 5.75 Å². The van der Waals surface area contributed by atoms with Crippen molar-refractivity contribution in [2.45, 2.75) is 0 Å². The van der Waals surface area contributed by atoms with Crippen LogP contribution in [0, 0.1) is 10.1 Å². The molecule has 0 aliphatic heterocycles. The number of nitrogens with one attached hydrogen (secondary N) is 1. The van der Waals surface area contributed by atoms with Gasteiger partial charge in [-0.25, -0.2) is 0 Å². The van der Waals surface area contributed by atoms with Crippen LogP contribution < -0.4 is 5.43 Å². The predicted molar refractivity (Wildman–Crippen MR) is 80.1 cm³/mol. The second-order valence-electron chi connectivity index (χ2n) is 3.88. The molecule has 0 saturated carbocycles. The van der Waals surface area contributed by atoms with Crippen LogP contribution in [0.3, 0.4) is 0 Å². The van der Waals surface area contributed by atoms with E-state index in [-0.39, 0.29) is 11.4 Å².